The molecular formula is C27H24FN3O5S. The van der Waals surface area contributed by atoms with Gasteiger partial charge in [0.15, 0.2) is 5.17 Å². The summed E-state index contributed by atoms with van der Waals surface area (Å²) in [5.41, 5.74) is 1.61. The van der Waals surface area contributed by atoms with Gasteiger partial charge in [0.25, 0.3) is 0 Å². The molecule has 1 saturated heterocycles. The maximum Gasteiger partial charge on any atom is 0.335 e. The summed E-state index contributed by atoms with van der Waals surface area (Å²) in [6.07, 6.45) is 0.404. The number of anilines is 1. The maximum absolute atomic E-state index is 14.3. The van der Waals surface area contributed by atoms with E-state index in [1.54, 1.807) is 19.2 Å². The molecule has 3 aromatic carbocycles. The number of nitrogens with one attached hydrogen (secondary N) is 1. The summed E-state index contributed by atoms with van der Waals surface area (Å²) in [5.74, 6) is -1.55. The van der Waals surface area contributed by atoms with E-state index in [2.05, 4.69) is 10.3 Å². The largest absolute Gasteiger partial charge is 0.497 e. The molecule has 0 radical (unpaired) electrons. The van der Waals surface area contributed by atoms with Crippen LogP contribution < -0.4 is 10.1 Å². The Morgan fingerprint density at radius 1 is 1.08 bits per heavy atom. The molecule has 0 bridgehead atoms. The Balaban J connectivity index is 1.49. The number of hydrogen-bond donors (Lipinski definition) is 2. The van der Waals surface area contributed by atoms with Gasteiger partial charge in [-0.3, -0.25) is 14.5 Å². The summed E-state index contributed by atoms with van der Waals surface area (Å²) in [4.78, 5) is 42.9. The number of para-hydroxylation sites is 1. The number of amidine groups is 1. The summed E-state index contributed by atoms with van der Waals surface area (Å²) >= 11 is 1.12. The van der Waals surface area contributed by atoms with Gasteiger partial charge in [-0.15, -0.1) is 0 Å². The molecule has 0 spiro atoms. The van der Waals surface area contributed by atoms with Crippen LogP contribution in [0.3, 0.4) is 0 Å². The molecule has 3 aromatic rings. The molecule has 1 unspecified atom stereocenters. The first-order chi connectivity index (χ1) is 17.8. The number of aliphatic imine (C=N–C) groups is 1. The fraction of sp³-hybridized carbons (Fsp3) is 0.185. The molecule has 0 aromatic heterocycles. The number of ether oxygens (including phenoxy) is 1. The smallest absolute Gasteiger partial charge is 0.335 e. The monoisotopic (exact) mass is 521 g/mol. The summed E-state index contributed by atoms with van der Waals surface area (Å²) in [5, 5.41) is 11.3. The molecule has 1 fully saturated rings. The van der Waals surface area contributed by atoms with E-state index in [9.17, 15) is 18.8 Å². The summed E-state index contributed by atoms with van der Waals surface area (Å²) in [6, 6.07) is 19.2. The van der Waals surface area contributed by atoms with Crippen molar-refractivity contribution < 1.29 is 28.6 Å². The summed E-state index contributed by atoms with van der Waals surface area (Å²) < 4.78 is 19.5. The summed E-state index contributed by atoms with van der Waals surface area (Å²) in [7, 11) is 1.59. The van der Waals surface area contributed by atoms with E-state index in [0.717, 1.165) is 23.1 Å². The molecule has 1 aliphatic rings. The molecule has 1 atom stereocenters. The Labute approximate surface area is 217 Å². The second-order valence-corrected chi connectivity index (χ2v) is 9.34. The van der Waals surface area contributed by atoms with Gasteiger partial charge < -0.3 is 15.2 Å². The normalized spacial score (nSPS) is 16.2. The third-order valence-corrected chi connectivity index (χ3v) is 6.83. The first-order valence-corrected chi connectivity index (χ1v) is 12.3. The fourth-order valence-corrected chi connectivity index (χ4v) is 4.86. The van der Waals surface area contributed by atoms with Crippen molar-refractivity contribution in [2.75, 3.05) is 19.0 Å². The van der Waals surface area contributed by atoms with E-state index in [0.29, 0.717) is 23.8 Å². The van der Waals surface area contributed by atoms with Crippen molar-refractivity contribution >= 4 is 46.1 Å². The zero-order chi connectivity index (χ0) is 26.4. The Morgan fingerprint density at radius 3 is 2.43 bits per heavy atom. The minimum Gasteiger partial charge on any atom is -0.497 e. The zero-order valence-electron chi connectivity index (χ0n) is 19.9. The quantitative estimate of drug-likeness (QED) is 0.421. The van der Waals surface area contributed by atoms with Crippen molar-refractivity contribution in [1.29, 1.82) is 0 Å². The van der Waals surface area contributed by atoms with Gasteiger partial charge in [0.1, 0.15) is 22.5 Å². The average Bonchev–Trinajstić information content (AvgIpc) is 3.18. The van der Waals surface area contributed by atoms with E-state index in [-0.39, 0.29) is 23.6 Å². The van der Waals surface area contributed by atoms with Crippen LogP contribution >= 0.6 is 11.8 Å². The standard InChI is InChI=1S/C27H24FN3O5S/c1-36-20-12-6-17(7-13-20)14-15-31-25(33)23(37-27(31)30-22-5-3-2-4-21(22)28)16-24(32)29-19-10-8-18(9-11-19)26(34)35/h2-13,23H,14-16H2,1H3,(H,29,32)(H,34,35). The molecule has 10 heteroatoms. The number of halogens is 1. The minimum absolute atomic E-state index is 0.0982. The van der Waals surface area contributed by atoms with Gasteiger partial charge in [-0.25, -0.2) is 14.2 Å². The van der Waals surface area contributed by atoms with Gasteiger partial charge in [-0.05, 0) is 60.5 Å². The van der Waals surface area contributed by atoms with Crippen LogP contribution in [-0.4, -0.2) is 51.9 Å². The number of amides is 2. The van der Waals surface area contributed by atoms with Crippen molar-refractivity contribution in [2.45, 2.75) is 18.1 Å². The third kappa shape index (κ3) is 6.53. The van der Waals surface area contributed by atoms with E-state index in [1.165, 1.54) is 41.3 Å². The van der Waals surface area contributed by atoms with Crippen LogP contribution in [0.15, 0.2) is 77.8 Å². The van der Waals surface area contributed by atoms with Gasteiger partial charge in [0.05, 0.1) is 12.7 Å². The molecule has 190 valence electrons. The molecule has 4 rings (SSSR count). The highest BCUT2D eigenvalue weighted by atomic mass is 32.2. The number of carbonyl (C=O) groups excluding carboxylic acids is 2. The van der Waals surface area contributed by atoms with Crippen molar-refractivity contribution in [3.05, 3.63) is 89.7 Å². The Hall–Kier alpha value is -4.18. The van der Waals surface area contributed by atoms with Gasteiger partial charge >= 0.3 is 5.97 Å². The van der Waals surface area contributed by atoms with Crippen LogP contribution in [0.5, 0.6) is 5.75 Å². The Kier molecular flexibility index (Phi) is 8.19. The number of carboxylic acid groups (broad SMARTS) is 1. The molecule has 37 heavy (non-hydrogen) atoms. The van der Waals surface area contributed by atoms with Crippen molar-refractivity contribution in [3.8, 4) is 5.75 Å². The van der Waals surface area contributed by atoms with Crippen LogP contribution in [0.1, 0.15) is 22.3 Å². The van der Waals surface area contributed by atoms with Gasteiger partial charge in [0, 0.05) is 18.7 Å². The van der Waals surface area contributed by atoms with E-state index >= 15 is 0 Å². The van der Waals surface area contributed by atoms with Crippen molar-refractivity contribution in [3.63, 3.8) is 0 Å². The minimum atomic E-state index is -1.07. The Morgan fingerprint density at radius 2 is 1.78 bits per heavy atom. The highest BCUT2D eigenvalue weighted by Crippen LogP contribution is 2.33. The topological polar surface area (TPSA) is 108 Å². The van der Waals surface area contributed by atoms with Crippen molar-refractivity contribution in [1.82, 2.24) is 4.90 Å². The maximum atomic E-state index is 14.3. The highest BCUT2D eigenvalue weighted by molar-refractivity contribution is 8.15. The molecule has 2 amide bonds. The van der Waals surface area contributed by atoms with E-state index in [1.807, 2.05) is 24.3 Å². The lowest BCUT2D eigenvalue weighted by Crippen LogP contribution is -2.35. The van der Waals surface area contributed by atoms with Crippen molar-refractivity contribution in [2.24, 2.45) is 4.99 Å². The first kappa shape index (κ1) is 25.9. The number of hydrogen-bond acceptors (Lipinski definition) is 6. The summed E-state index contributed by atoms with van der Waals surface area (Å²) in [6.45, 7) is 0.306. The molecule has 0 aliphatic carbocycles. The Bertz CT molecular complexity index is 1330. The average molecular weight is 522 g/mol. The molecule has 1 heterocycles. The highest BCUT2D eigenvalue weighted by Gasteiger charge is 2.39. The van der Waals surface area contributed by atoms with Crippen LogP contribution in [0.25, 0.3) is 0 Å². The van der Waals surface area contributed by atoms with E-state index < -0.39 is 22.9 Å². The first-order valence-electron chi connectivity index (χ1n) is 11.4. The predicted molar refractivity (Wildman–Crippen MR) is 140 cm³/mol. The van der Waals surface area contributed by atoms with Crippen LogP contribution in [0.2, 0.25) is 0 Å². The number of aromatic carboxylic acids is 1. The lowest BCUT2D eigenvalue weighted by Gasteiger charge is -2.17. The second-order valence-electron chi connectivity index (χ2n) is 8.18. The van der Waals surface area contributed by atoms with Gasteiger partial charge in [-0.2, -0.15) is 0 Å². The SMILES string of the molecule is COc1ccc(CCN2C(=O)C(CC(=O)Nc3ccc(C(=O)O)cc3)SC2=Nc2ccccc2F)cc1. The molecule has 0 saturated carbocycles. The molecule has 1 aliphatic heterocycles. The number of carbonyl (C=O) groups is 3. The molecule has 2 N–H and O–H groups in total. The zero-order valence-corrected chi connectivity index (χ0v) is 20.7. The van der Waals surface area contributed by atoms with Crippen LogP contribution in [0.4, 0.5) is 15.8 Å². The number of nitrogens with zero attached hydrogens (tertiary/aromatic N) is 2. The van der Waals surface area contributed by atoms with Crippen LogP contribution in [0, 0.1) is 5.82 Å². The van der Waals surface area contributed by atoms with E-state index in [4.69, 9.17) is 9.84 Å². The lowest BCUT2D eigenvalue weighted by molar-refractivity contribution is -0.128. The van der Waals surface area contributed by atoms with Crippen LogP contribution in [-0.2, 0) is 16.0 Å². The predicted octanol–water partition coefficient (Wildman–Crippen LogP) is 4.74. The second kappa shape index (κ2) is 11.7. The lowest BCUT2D eigenvalue weighted by atomic mass is 10.1. The number of benzene rings is 3. The third-order valence-electron chi connectivity index (χ3n) is 5.66. The van der Waals surface area contributed by atoms with Gasteiger partial charge in [0.2, 0.25) is 11.8 Å². The fourth-order valence-electron chi connectivity index (χ4n) is 3.69. The molecular weight excluding hydrogens is 497 g/mol. The number of thioether (sulfide) groups is 1. The number of carboxylic acids is 1. The number of rotatable bonds is 9. The molecule has 8 nitrogen and oxygen atoms in total. The van der Waals surface area contributed by atoms with Gasteiger partial charge in [-0.1, -0.05) is 36.0 Å². The number of methoxy groups -OCH3 is 1.